The first-order valence-electron chi connectivity index (χ1n) is 9.10. The average Bonchev–Trinajstić information content (AvgIpc) is 2.64. The molecule has 4 nitrogen and oxygen atoms in total. The molecule has 0 amide bonds. The van der Waals surface area contributed by atoms with Crippen LogP contribution in [0.2, 0.25) is 0 Å². The van der Waals surface area contributed by atoms with E-state index < -0.39 is 0 Å². The summed E-state index contributed by atoms with van der Waals surface area (Å²) >= 11 is 5.37. The van der Waals surface area contributed by atoms with Crippen LogP contribution in [0.25, 0.3) is 0 Å². The van der Waals surface area contributed by atoms with Gasteiger partial charge >= 0.3 is 0 Å². The molecule has 1 saturated heterocycles. The van der Waals surface area contributed by atoms with Gasteiger partial charge in [-0.05, 0) is 87.0 Å². The molecule has 1 fully saturated rings. The summed E-state index contributed by atoms with van der Waals surface area (Å²) in [6, 6.07) is 15.7. The molecule has 0 radical (unpaired) electrons. The lowest BCUT2D eigenvalue weighted by molar-refractivity contribution is 0.101. The Morgan fingerprint density at radius 1 is 0.923 bits per heavy atom. The Labute approximate surface area is 160 Å². The number of hydrogen-bond acceptors (Lipinski definition) is 3. The number of nitrogens with one attached hydrogen (secondary N) is 2. The van der Waals surface area contributed by atoms with Gasteiger partial charge in [0.25, 0.3) is 0 Å². The van der Waals surface area contributed by atoms with E-state index in [2.05, 4.69) is 39.8 Å². The minimum Gasteiger partial charge on any atom is -0.332 e. The van der Waals surface area contributed by atoms with E-state index in [0.29, 0.717) is 10.7 Å². The Balaban J connectivity index is 1.51. The van der Waals surface area contributed by atoms with E-state index in [1.54, 1.807) is 19.1 Å². The molecule has 2 aromatic rings. The first kappa shape index (κ1) is 18.5. The molecule has 0 aromatic heterocycles. The molecule has 0 spiro atoms. The van der Waals surface area contributed by atoms with E-state index in [1.807, 2.05) is 12.1 Å². The second-order valence-corrected chi connectivity index (χ2v) is 7.15. The number of hydrogen-bond donors (Lipinski definition) is 2. The average molecular weight is 368 g/mol. The number of nitrogens with zero attached hydrogens (tertiary/aromatic N) is 1. The molecule has 0 aliphatic carbocycles. The number of Topliss-reactive ketones (excluding diaryl/α,β-unsaturated/α-hetero) is 1. The Hall–Kier alpha value is -2.24. The van der Waals surface area contributed by atoms with Gasteiger partial charge in [-0.2, -0.15) is 0 Å². The third kappa shape index (κ3) is 5.38. The van der Waals surface area contributed by atoms with Gasteiger partial charge in [-0.25, -0.2) is 0 Å². The summed E-state index contributed by atoms with van der Waals surface area (Å²) in [6.45, 7) is 4.99. The molecule has 0 bridgehead atoms. The fourth-order valence-corrected chi connectivity index (χ4v) is 3.39. The number of benzene rings is 2. The third-order valence-electron chi connectivity index (χ3n) is 4.62. The standard InChI is InChI=1S/C21H25N3OS/c1-16(25)18-7-11-20(12-8-18)23-21(26)22-19-9-5-17(6-10-19)15-24-13-3-2-4-14-24/h5-12H,2-4,13-15H2,1H3,(H2,22,23,26). The molecule has 1 aliphatic heterocycles. The second kappa shape index (κ2) is 8.92. The normalized spacial score (nSPS) is 14.7. The van der Waals surface area contributed by atoms with Crippen LogP contribution in [-0.2, 0) is 6.54 Å². The molecule has 1 heterocycles. The largest absolute Gasteiger partial charge is 0.332 e. The molecule has 2 N–H and O–H groups in total. The molecular weight excluding hydrogens is 342 g/mol. The maximum absolute atomic E-state index is 11.3. The SMILES string of the molecule is CC(=O)c1ccc(NC(=S)Nc2ccc(CN3CCCCC3)cc2)cc1. The zero-order valence-corrected chi connectivity index (χ0v) is 15.9. The first-order chi connectivity index (χ1) is 12.6. The Morgan fingerprint density at radius 3 is 2.00 bits per heavy atom. The van der Waals surface area contributed by atoms with E-state index >= 15 is 0 Å². The summed E-state index contributed by atoms with van der Waals surface area (Å²) in [6.07, 6.45) is 3.99. The molecular formula is C21H25N3OS. The van der Waals surface area contributed by atoms with Crippen molar-refractivity contribution in [2.75, 3.05) is 23.7 Å². The number of ketones is 1. The molecule has 2 aromatic carbocycles. The molecule has 0 saturated carbocycles. The van der Waals surface area contributed by atoms with Gasteiger partial charge in [-0.3, -0.25) is 9.69 Å². The van der Waals surface area contributed by atoms with E-state index in [9.17, 15) is 4.79 Å². The highest BCUT2D eigenvalue weighted by Crippen LogP contribution is 2.16. The van der Waals surface area contributed by atoms with Gasteiger partial charge in [0.1, 0.15) is 0 Å². The van der Waals surface area contributed by atoms with Crippen molar-refractivity contribution in [1.29, 1.82) is 0 Å². The molecule has 0 unspecified atom stereocenters. The zero-order valence-electron chi connectivity index (χ0n) is 15.1. The Kier molecular flexibility index (Phi) is 6.36. The summed E-state index contributed by atoms with van der Waals surface area (Å²) in [4.78, 5) is 13.8. The molecule has 0 atom stereocenters. The van der Waals surface area contributed by atoms with Crippen molar-refractivity contribution in [2.45, 2.75) is 32.7 Å². The van der Waals surface area contributed by atoms with E-state index in [0.717, 1.165) is 17.9 Å². The van der Waals surface area contributed by atoms with Crippen LogP contribution in [0.4, 0.5) is 11.4 Å². The van der Waals surface area contributed by atoms with Crippen LogP contribution in [0.5, 0.6) is 0 Å². The first-order valence-corrected chi connectivity index (χ1v) is 9.51. The van der Waals surface area contributed by atoms with Crippen molar-refractivity contribution < 1.29 is 4.79 Å². The number of rotatable bonds is 5. The fraction of sp³-hybridized carbons (Fsp3) is 0.333. The smallest absolute Gasteiger partial charge is 0.175 e. The highest BCUT2D eigenvalue weighted by molar-refractivity contribution is 7.80. The third-order valence-corrected chi connectivity index (χ3v) is 4.82. The summed E-state index contributed by atoms with van der Waals surface area (Å²) in [7, 11) is 0. The van der Waals surface area contributed by atoms with Crippen LogP contribution in [0, 0.1) is 0 Å². The highest BCUT2D eigenvalue weighted by Gasteiger charge is 2.10. The highest BCUT2D eigenvalue weighted by atomic mass is 32.1. The number of carbonyl (C=O) groups excluding carboxylic acids is 1. The van der Waals surface area contributed by atoms with Crippen molar-refractivity contribution in [3.05, 3.63) is 59.7 Å². The summed E-state index contributed by atoms with van der Waals surface area (Å²) in [5.74, 6) is 0.0573. The summed E-state index contributed by atoms with van der Waals surface area (Å²) in [5.41, 5.74) is 3.84. The second-order valence-electron chi connectivity index (χ2n) is 6.75. The fourth-order valence-electron chi connectivity index (χ4n) is 3.15. The summed E-state index contributed by atoms with van der Waals surface area (Å²) < 4.78 is 0. The maximum atomic E-state index is 11.3. The molecule has 26 heavy (non-hydrogen) atoms. The number of piperidine rings is 1. The van der Waals surface area contributed by atoms with Crippen LogP contribution in [0.3, 0.4) is 0 Å². The number of thiocarbonyl (C=S) groups is 1. The van der Waals surface area contributed by atoms with Gasteiger partial charge in [-0.15, -0.1) is 0 Å². The van der Waals surface area contributed by atoms with Gasteiger partial charge in [0.2, 0.25) is 0 Å². The van der Waals surface area contributed by atoms with Crippen LogP contribution >= 0.6 is 12.2 Å². The quantitative estimate of drug-likeness (QED) is 0.593. The number of carbonyl (C=O) groups is 1. The van der Waals surface area contributed by atoms with Crippen LogP contribution < -0.4 is 10.6 Å². The monoisotopic (exact) mass is 367 g/mol. The van der Waals surface area contributed by atoms with Gasteiger partial charge in [-0.1, -0.05) is 18.6 Å². The lowest BCUT2D eigenvalue weighted by Gasteiger charge is -2.26. The number of anilines is 2. The minimum atomic E-state index is 0.0573. The van der Waals surface area contributed by atoms with Crippen molar-refractivity contribution in [3.63, 3.8) is 0 Å². The van der Waals surface area contributed by atoms with Gasteiger partial charge in [0.15, 0.2) is 10.9 Å². The van der Waals surface area contributed by atoms with Crippen molar-refractivity contribution in [2.24, 2.45) is 0 Å². The molecule has 5 heteroatoms. The van der Waals surface area contributed by atoms with Crippen LogP contribution in [0.1, 0.15) is 42.1 Å². The van der Waals surface area contributed by atoms with Crippen LogP contribution in [-0.4, -0.2) is 28.9 Å². The summed E-state index contributed by atoms with van der Waals surface area (Å²) in [5, 5.41) is 6.87. The van der Waals surface area contributed by atoms with Gasteiger partial charge in [0.05, 0.1) is 0 Å². The van der Waals surface area contributed by atoms with Gasteiger partial charge in [0, 0.05) is 23.5 Å². The topological polar surface area (TPSA) is 44.4 Å². The van der Waals surface area contributed by atoms with E-state index in [-0.39, 0.29) is 5.78 Å². The zero-order chi connectivity index (χ0) is 18.4. The van der Waals surface area contributed by atoms with Crippen molar-refractivity contribution in [1.82, 2.24) is 4.90 Å². The predicted molar refractivity (Wildman–Crippen MR) is 112 cm³/mol. The Bertz CT molecular complexity index is 750. The molecule has 1 aliphatic rings. The number of likely N-dealkylation sites (tertiary alicyclic amines) is 1. The maximum Gasteiger partial charge on any atom is 0.175 e. The molecule has 136 valence electrons. The minimum absolute atomic E-state index is 0.0573. The predicted octanol–water partition coefficient (Wildman–Crippen LogP) is 4.68. The van der Waals surface area contributed by atoms with E-state index in [1.165, 1.54) is 37.9 Å². The van der Waals surface area contributed by atoms with Crippen molar-refractivity contribution in [3.8, 4) is 0 Å². The lowest BCUT2D eigenvalue weighted by atomic mass is 10.1. The molecule has 3 rings (SSSR count). The van der Waals surface area contributed by atoms with Gasteiger partial charge < -0.3 is 10.6 Å². The Morgan fingerprint density at radius 2 is 1.46 bits per heavy atom. The van der Waals surface area contributed by atoms with E-state index in [4.69, 9.17) is 12.2 Å². The van der Waals surface area contributed by atoms with Crippen LogP contribution in [0.15, 0.2) is 48.5 Å². The van der Waals surface area contributed by atoms with Crippen molar-refractivity contribution >= 4 is 34.5 Å². The lowest BCUT2D eigenvalue weighted by Crippen LogP contribution is -2.29.